The highest BCUT2D eigenvalue weighted by molar-refractivity contribution is 5.66. The number of rotatable bonds is 14. The van der Waals surface area contributed by atoms with Crippen LogP contribution in [-0.2, 0) is 4.79 Å². The molecule has 0 bridgehead atoms. The number of allylic oxidation sites excluding steroid dienone is 3. The summed E-state index contributed by atoms with van der Waals surface area (Å²) in [6.07, 6.45) is 14.5. The van der Waals surface area contributed by atoms with Crippen molar-refractivity contribution in [1.82, 2.24) is 0 Å². The van der Waals surface area contributed by atoms with Gasteiger partial charge in [0.25, 0.3) is 0 Å². The molecule has 0 rings (SSSR count). The van der Waals surface area contributed by atoms with E-state index in [0.29, 0.717) is 25.7 Å². The normalized spacial score (nSPS) is 14.7. The minimum atomic E-state index is -0.819. The number of aliphatic carboxylic acids is 1. The molecule has 0 saturated carbocycles. The number of aliphatic hydroxyl groups excluding tert-OH is 2. The molecule has 4 heteroatoms. The molecular weight excluding hydrogens is 280 g/mol. The fraction of sp³-hybridized carbons (Fsp3) is 0.722. The largest absolute Gasteiger partial charge is 0.481 e. The Kier molecular flexibility index (Phi) is 14.0. The minimum Gasteiger partial charge on any atom is -0.481 e. The van der Waals surface area contributed by atoms with Crippen molar-refractivity contribution in [3.8, 4) is 0 Å². The van der Waals surface area contributed by atoms with E-state index in [-0.39, 0.29) is 6.42 Å². The lowest BCUT2D eigenvalue weighted by atomic mass is 10.0. The van der Waals surface area contributed by atoms with Gasteiger partial charge in [-0.05, 0) is 38.5 Å². The van der Waals surface area contributed by atoms with E-state index in [1.807, 2.05) is 12.2 Å². The Morgan fingerprint density at radius 3 is 2.36 bits per heavy atom. The smallest absolute Gasteiger partial charge is 0.303 e. The Hall–Kier alpha value is -1.13. The molecule has 0 aromatic heterocycles. The van der Waals surface area contributed by atoms with Gasteiger partial charge in [-0.3, -0.25) is 4.79 Å². The number of aliphatic hydroxyl groups is 2. The topological polar surface area (TPSA) is 77.8 Å². The summed E-state index contributed by atoms with van der Waals surface area (Å²) < 4.78 is 0. The van der Waals surface area contributed by atoms with Crippen LogP contribution in [-0.4, -0.2) is 33.5 Å². The van der Waals surface area contributed by atoms with E-state index in [9.17, 15) is 15.0 Å². The molecule has 0 aromatic carbocycles. The number of hydrogen-bond donors (Lipinski definition) is 3. The fourth-order valence-electron chi connectivity index (χ4n) is 2.12. The summed E-state index contributed by atoms with van der Waals surface area (Å²) in [6, 6.07) is 0. The van der Waals surface area contributed by atoms with Gasteiger partial charge in [0.15, 0.2) is 0 Å². The highest BCUT2D eigenvalue weighted by Gasteiger charge is 2.14. The van der Waals surface area contributed by atoms with E-state index in [0.717, 1.165) is 12.8 Å². The van der Waals surface area contributed by atoms with Gasteiger partial charge in [-0.1, -0.05) is 50.5 Å². The highest BCUT2D eigenvalue weighted by Crippen LogP contribution is 2.10. The van der Waals surface area contributed by atoms with Crippen LogP contribution in [0.5, 0.6) is 0 Å². The molecule has 0 fully saturated rings. The maximum atomic E-state index is 10.4. The van der Waals surface area contributed by atoms with Crippen LogP contribution in [0.15, 0.2) is 24.3 Å². The quantitative estimate of drug-likeness (QED) is 0.336. The van der Waals surface area contributed by atoms with Crippen LogP contribution in [0, 0.1) is 0 Å². The average molecular weight is 312 g/mol. The van der Waals surface area contributed by atoms with Crippen molar-refractivity contribution < 1.29 is 20.1 Å². The monoisotopic (exact) mass is 312 g/mol. The number of carboxylic acids is 1. The summed E-state index contributed by atoms with van der Waals surface area (Å²) in [5.41, 5.74) is 0. The van der Waals surface area contributed by atoms with Crippen molar-refractivity contribution in [3.05, 3.63) is 24.3 Å². The van der Waals surface area contributed by atoms with E-state index < -0.39 is 18.2 Å². The zero-order valence-corrected chi connectivity index (χ0v) is 13.8. The first-order valence-electron chi connectivity index (χ1n) is 8.45. The Morgan fingerprint density at radius 1 is 0.955 bits per heavy atom. The number of unbranched alkanes of at least 4 members (excludes halogenated alkanes) is 4. The molecule has 22 heavy (non-hydrogen) atoms. The predicted molar refractivity (Wildman–Crippen MR) is 89.8 cm³/mol. The molecule has 0 spiro atoms. The van der Waals surface area contributed by atoms with Crippen LogP contribution in [0.1, 0.15) is 71.1 Å². The third-order valence-corrected chi connectivity index (χ3v) is 3.54. The lowest BCUT2D eigenvalue weighted by Gasteiger charge is -2.15. The van der Waals surface area contributed by atoms with Crippen molar-refractivity contribution in [2.45, 2.75) is 83.3 Å². The van der Waals surface area contributed by atoms with Gasteiger partial charge in [0.1, 0.15) is 0 Å². The molecule has 128 valence electrons. The summed E-state index contributed by atoms with van der Waals surface area (Å²) >= 11 is 0. The first kappa shape index (κ1) is 20.9. The molecule has 0 aliphatic rings. The van der Waals surface area contributed by atoms with Crippen LogP contribution < -0.4 is 0 Å². The van der Waals surface area contributed by atoms with Gasteiger partial charge in [-0.2, -0.15) is 0 Å². The third kappa shape index (κ3) is 13.8. The van der Waals surface area contributed by atoms with Crippen LogP contribution in [0.25, 0.3) is 0 Å². The van der Waals surface area contributed by atoms with Gasteiger partial charge in [0, 0.05) is 6.42 Å². The molecule has 0 aromatic rings. The van der Waals surface area contributed by atoms with E-state index in [1.54, 1.807) is 0 Å². The molecule has 3 N–H and O–H groups in total. The van der Waals surface area contributed by atoms with Crippen molar-refractivity contribution in [1.29, 1.82) is 0 Å². The Labute approximate surface area is 134 Å². The van der Waals surface area contributed by atoms with Gasteiger partial charge in [0.2, 0.25) is 0 Å². The summed E-state index contributed by atoms with van der Waals surface area (Å²) in [5, 5.41) is 28.1. The van der Waals surface area contributed by atoms with E-state index in [1.165, 1.54) is 19.3 Å². The maximum Gasteiger partial charge on any atom is 0.303 e. The second kappa shape index (κ2) is 14.8. The molecule has 0 aliphatic heterocycles. The van der Waals surface area contributed by atoms with Crippen LogP contribution in [0.3, 0.4) is 0 Å². The number of carbonyl (C=O) groups is 1. The molecule has 0 radical (unpaired) electrons. The number of carboxylic acid groups (broad SMARTS) is 1. The van der Waals surface area contributed by atoms with Gasteiger partial charge < -0.3 is 15.3 Å². The van der Waals surface area contributed by atoms with Gasteiger partial charge in [-0.15, -0.1) is 0 Å². The zero-order valence-electron chi connectivity index (χ0n) is 13.8. The van der Waals surface area contributed by atoms with Crippen LogP contribution >= 0.6 is 0 Å². The summed E-state index contributed by atoms with van der Waals surface area (Å²) in [7, 11) is 0. The summed E-state index contributed by atoms with van der Waals surface area (Å²) in [6.45, 7) is 2.19. The molecule has 0 aliphatic carbocycles. The SMILES string of the molecule is CCCCC/C=C\C/C=C\CC(O)C(O)CCCCC(=O)O. The zero-order chi connectivity index (χ0) is 16.6. The third-order valence-electron chi connectivity index (χ3n) is 3.54. The van der Waals surface area contributed by atoms with Gasteiger partial charge >= 0.3 is 5.97 Å². The van der Waals surface area contributed by atoms with E-state index in [2.05, 4.69) is 19.1 Å². The molecule has 0 saturated heterocycles. The maximum absolute atomic E-state index is 10.4. The molecule has 2 atom stereocenters. The molecule has 4 nitrogen and oxygen atoms in total. The van der Waals surface area contributed by atoms with E-state index >= 15 is 0 Å². The Balaban J connectivity index is 3.62. The number of hydrogen-bond acceptors (Lipinski definition) is 3. The molecule has 2 unspecified atom stereocenters. The lowest BCUT2D eigenvalue weighted by Crippen LogP contribution is -2.25. The molecule has 0 amide bonds. The summed E-state index contributed by atoms with van der Waals surface area (Å²) in [5.74, 6) is -0.819. The average Bonchev–Trinajstić information content (AvgIpc) is 2.49. The Bertz CT molecular complexity index is 323. The lowest BCUT2D eigenvalue weighted by molar-refractivity contribution is -0.137. The second-order valence-electron chi connectivity index (χ2n) is 5.68. The van der Waals surface area contributed by atoms with Crippen molar-refractivity contribution >= 4 is 5.97 Å². The van der Waals surface area contributed by atoms with Crippen molar-refractivity contribution in [3.63, 3.8) is 0 Å². The summed E-state index contributed by atoms with van der Waals surface area (Å²) in [4.78, 5) is 10.4. The molecule has 0 heterocycles. The van der Waals surface area contributed by atoms with Crippen LogP contribution in [0.2, 0.25) is 0 Å². The van der Waals surface area contributed by atoms with Gasteiger partial charge in [0.05, 0.1) is 12.2 Å². The Morgan fingerprint density at radius 2 is 1.68 bits per heavy atom. The molecular formula is C18H32O4. The van der Waals surface area contributed by atoms with Gasteiger partial charge in [-0.25, -0.2) is 0 Å². The van der Waals surface area contributed by atoms with Crippen molar-refractivity contribution in [2.75, 3.05) is 0 Å². The minimum absolute atomic E-state index is 0.118. The van der Waals surface area contributed by atoms with Crippen LogP contribution in [0.4, 0.5) is 0 Å². The van der Waals surface area contributed by atoms with Crippen molar-refractivity contribution in [2.24, 2.45) is 0 Å². The highest BCUT2D eigenvalue weighted by atomic mass is 16.4. The fourth-order valence-corrected chi connectivity index (χ4v) is 2.12. The van der Waals surface area contributed by atoms with E-state index in [4.69, 9.17) is 5.11 Å². The first-order chi connectivity index (χ1) is 10.6. The standard InChI is InChI=1S/C18H32O4/c1-2-3-4-5-6-7-8-9-10-13-16(19)17(20)14-11-12-15-18(21)22/h6-7,9-10,16-17,19-20H,2-5,8,11-15H2,1H3,(H,21,22)/b7-6-,10-9-. The first-order valence-corrected chi connectivity index (χ1v) is 8.45. The second-order valence-corrected chi connectivity index (χ2v) is 5.68. The predicted octanol–water partition coefficient (Wildman–Crippen LogP) is 3.83.